The molecule has 0 aliphatic carbocycles. The Bertz CT molecular complexity index is 1280. The molecule has 1 aromatic heterocycles. The number of nitrogens with one attached hydrogen (secondary N) is 1. The minimum atomic E-state index is -0.372. The van der Waals surface area contributed by atoms with Gasteiger partial charge in [0.05, 0.1) is 11.6 Å². The smallest absolute Gasteiger partial charge is 0.322 e. The van der Waals surface area contributed by atoms with Crippen molar-refractivity contribution in [1.82, 2.24) is 20.4 Å². The highest BCUT2D eigenvalue weighted by atomic mass is 16.5. The highest BCUT2D eigenvalue weighted by Gasteiger charge is 2.35. The van der Waals surface area contributed by atoms with Crippen molar-refractivity contribution in [3.05, 3.63) is 114 Å². The molecule has 1 atom stereocenters. The topological polar surface area (TPSA) is 71.3 Å². The highest BCUT2D eigenvalue weighted by molar-refractivity contribution is 5.86. The zero-order chi connectivity index (χ0) is 23.3. The quantitative estimate of drug-likeness (QED) is 0.382. The SMILES string of the molecule is CC1=C(c2nc(-c3ccccc3)no2)C(c2ccccc2)NC(=O)N1CCCc1ccccc1. The average molecular weight is 451 g/mol. The van der Waals surface area contributed by atoms with Gasteiger partial charge in [-0.15, -0.1) is 0 Å². The van der Waals surface area contributed by atoms with Crippen LogP contribution in [0.5, 0.6) is 0 Å². The van der Waals surface area contributed by atoms with Gasteiger partial charge in [-0.3, -0.25) is 4.90 Å². The number of allylic oxidation sites excluding steroid dienone is 1. The van der Waals surface area contributed by atoms with Crippen molar-refractivity contribution in [2.45, 2.75) is 25.8 Å². The van der Waals surface area contributed by atoms with Gasteiger partial charge < -0.3 is 9.84 Å². The molecule has 34 heavy (non-hydrogen) atoms. The zero-order valence-corrected chi connectivity index (χ0v) is 19.0. The monoisotopic (exact) mass is 450 g/mol. The summed E-state index contributed by atoms with van der Waals surface area (Å²) in [5, 5.41) is 7.38. The lowest BCUT2D eigenvalue weighted by atomic mass is 9.94. The van der Waals surface area contributed by atoms with Gasteiger partial charge in [-0.25, -0.2) is 4.79 Å². The summed E-state index contributed by atoms with van der Waals surface area (Å²) in [6, 6.07) is 29.4. The van der Waals surface area contributed by atoms with E-state index in [1.165, 1.54) is 5.56 Å². The van der Waals surface area contributed by atoms with Gasteiger partial charge >= 0.3 is 6.03 Å². The van der Waals surface area contributed by atoms with Crippen LogP contribution < -0.4 is 5.32 Å². The first-order chi connectivity index (χ1) is 16.7. The molecule has 4 aromatic rings. The van der Waals surface area contributed by atoms with Crippen molar-refractivity contribution in [1.29, 1.82) is 0 Å². The van der Waals surface area contributed by atoms with E-state index in [4.69, 9.17) is 9.51 Å². The van der Waals surface area contributed by atoms with Crippen LogP contribution in [0.4, 0.5) is 4.79 Å². The molecule has 0 radical (unpaired) electrons. The molecule has 3 aromatic carbocycles. The van der Waals surface area contributed by atoms with E-state index in [0.29, 0.717) is 18.3 Å². The van der Waals surface area contributed by atoms with E-state index < -0.39 is 0 Å². The van der Waals surface area contributed by atoms with E-state index in [1.807, 2.05) is 85.8 Å². The van der Waals surface area contributed by atoms with Gasteiger partial charge in [0.1, 0.15) is 0 Å². The fourth-order valence-corrected chi connectivity index (χ4v) is 4.35. The molecule has 2 heterocycles. The van der Waals surface area contributed by atoms with Gasteiger partial charge in [-0.05, 0) is 30.9 Å². The van der Waals surface area contributed by atoms with Crippen molar-refractivity contribution in [3.63, 3.8) is 0 Å². The number of benzene rings is 3. The molecular weight excluding hydrogens is 424 g/mol. The number of hydrogen-bond donors (Lipinski definition) is 1. The second kappa shape index (κ2) is 9.75. The third kappa shape index (κ3) is 4.48. The van der Waals surface area contributed by atoms with Gasteiger partial charge in [0.15, 0.2) is 0 Å². The molecule has 0 bridgehead atoms. The van der Waals surface area contributed by atoms with Crippen LogP contribution in [0.25, 0.3) is 17.0 Å². The van der Waals surface area contributed by atoms with Crippen LogP contribution >= 0.6 is 0 Å². The maximum Gasteiger partial charge on any atom is 0.322 e. The first-order valence-electron chi connectivity index (χ1n) is 11.5. The average Bonchev–Trinajstić information content (AvgIpc) is 3.37. The van der Waals surface area contributed by atoms with Crippen LogP contribution in [-0.2, 0) is 6.42 Å². The fraction of sp³-hybridized carbons (Fsp3) is 0.179. The zero-order valence-electron chi connectivity index (χ0n) is 19.0. The van der Waals surface area contributed by atoms with E-state index in [9.17, 15) is 4.79 Å². The van der Waals surface area contributed by atoms with Crippen molar-refractivity contribution in [3.8, 4) is 11.4 Å². The van der Waals surface area contributed by atoms with Crippen LogP contribution in [0.3, 0.4) is 0 Å². The fourth-order valence-electron chi connectivity index (χ4n) is 4.35. The third-order valence-electron chi connectivity index (χ3n) is 6.11. The molecule has 0 spiro atoms. The molecule has 0 saturated heterocycles. The number of aromatic nitrogens is 2. The molecule has 2 amide bonds. The Balaban J connectivity index is 1.48. The third-order valence-corrected chi connectivity index (χ3v) is 6.11. The van der Waals surface area contributed by atoms with Crippen LogP contribution in [0.15, 0.2) is 101 Å². The number of aryl methyl sites for hydroxylation is 1. The molecule has 0 saturated carbocycles. The predicted octanol–water partition coefficient (Wildman–Crippen LogP) is 5.87. The maximum absolute atomic E-state index is 13.1. The minimum absolute atomic E-state index is 0.119. The number of rotatable bonds is 7. The lowest BCUT2D eigenvalue weighted by molar-refractivity contribution is 0.204. The number of amides is 2. The Morgan fingerprint density at radius 2 is 1.56 bits per heavy atom. The van der Waals surface area contributed by atoms with Crippen LogP contribution in [0.1, 0.15) is 36.4 Å². The van der Waals surface area contributed by atoms with Crippen molar-refractivity contribution >= 4 is 11.6 Å². The van der Waals surface area contributed by atoms with Crippen molar-refractivity contribution in [2.24, 2.45) is 0 Å². The summed E-state index contributed by atoms with van der Waals surface area (Å²) in [6.45, 7) is 2.55. The highest BCUT2D eigenvalue weighted by Crippen LogP contribution is 2.37. The molecule has 0 fully saturated rings. The lowest BCUT2D eigenvalue weighted by Crippen LogP contribution is -2.46. The molecule has 1 aliphatic rings. The second-order valence-electron chi connectivity index (χ2n) is 8.32. The van der Waals surface area contributed by atoms with Crippen LogP contribution in [-0.4, -0.2) is 27.6 Å². The van der Waals surface area contributed by atoms with Gasteiger partial charge in [0.2, 0.25) is 5.82 Å². The number of carbonyl (C=O) groups excluding carboxylic acids is 1. The standard InChI is InChI=1S/C28H26N4O2/c1-20-24(27-30-26(31-34-27)23-17-9-4-10-18-23)25(22-15-7-3-8-16-22)29-28(33)32(20)19-11-14-21-12-5-2-6-13-21/h2-10,12-13,15-18,25H,11,14,19H2,1H3,(H,29,33). The number of urea groups is 1. The molecule has 1 aliphatic heterocycles. The van der Waals surface area contributed by atoms with Crippen LogP contribution in [0, 0.1) is 0 Å². The lowest BCUT2D eigenvalue weighted by Gasteiger charge is -2.35. The Morgan fingerprint density at radius 3 is 2.26 bits per heavy atom. The van der Waals surface area contributed by atoms with E-state index >= 15 is 0 Å². The van der Waals surface area contributed by atoms with Crippen molar-refractivity contribution < 1.29 is 9.32 Å². The number of carbonyl (C=O) groups is 1. The molecule has 6 nitrogen and oxygen atoms in total. The first-order valence-corrected chi connectivity index (χ1v) is 11.5. The predicted molar refractivity (Wildman–Crippen MR) is 132 cm³/mol. The summed E-state index contributed by atoms with van der Waals surface area (Å²) < 4.78 is 5.74. The second-order valence-corrected chi connectivity index (χ2v) is 8.32. The van der Waals surface area contributed by atoms with Gasteiger partial charge in [-0.2, -0.15) is 4.98 Å². The molecule has 6 heteroatoms. The Kier molecular flexibility index (Phi) is 6.21. The largest absolute Gasteiger partial charge is 0.334 e. The van der Waals surface area contributed by atoms with Gasteiger partial charge in [0.25, 0.3) is 5.89 Å². The van der Waals surface area contributed by atoms with E-state index in [2.05, 4.69) is 22.6 Å². The van der Waals surface area contributed by atoms with E-state index in [0.717, 1.165) is 35.2 Å². The first kappa shape index (κ1) is 21.6. The molecular formula is C28H26N4O2. The molecule has 1 unspecified atom stereocenters. The summed E-state index contributed by atoms with van der Waals surface area (Å²) in [7, 11) is 0. The Labute approximate surface area is 198 Å². The van der Waals surface area contributed by atoms with Gasteiger partial charge in [-0.1, -0.05) is 96.2 Å². The summed E-state index contributed by atoms with van der Waals surface area (Å²) in [6.07, 6.45) is 1.74. The normalized spacial score (nSPS) is 16.0. The Hall–Kier alpha value is -4.19. The van der Waals surface area contributed by atoms with E-state index in [1.54, 1.807) is 4.90 Å². The van der Waals surface area contributed by atoms with Crippen molar-refractivity contribution in [2.75, 3.05) is 6.54 Å². The summed E-state index contributed by atoms with van der Waals surface area (Å²) in [5.41, 5.74) is 4.75. The van der Waals surface area contributed by atoms with Crippen LogP contribution in [0.2, 0.25) is 0 Å². The summed E-state index contributed by atoms with van der Waals surface area (Å²) in [4.78, 5) is 19.6. The summed E-state index contributed by atoms with van der Waals surface area (Å²) >= 11 is 0. The number of hydrogen-bond acceptors (Lipinski definition) is 4. The molecule has 170 valence electrons. The minimum Gasteiger partial charge on any atom is -0.334 e. The number of nitrogens with zero attached hydrogens (tertiary/aromatic N) is 3. The molecule has 5 rings (SSSR count). The maximum atomic E-state index is 13.1. The van der Waals surface area contributed by atoms with Gasteiger partial charge in [0, 0.05) is 17.8 Å². The van der Waals surface area contributed by atoms with E-state index in [-0.39, 0.29) is 12.1 Å². The summed E-state index contributed by atoms with van der Waals surface area (Å²) in [5.74, 6) is 0.938. The Morgan fingerprint density at radius 1 is 0.912 bits per heavy atom. The molecule has 1 N–H and O–H groups in total.